The Kier molecular flexibility index (Phi) is 7.17. The van der Waals surface area contributed by atoms with Crippen molar-refractivity contribution in [3.05, 3.63) is 48.0 Å². The van der Waals surface area contributed by atoms with Crippen LogP contribution in [0.5, 0.6) is 0 Å². The lowest BCUT2D eigenvalue weighted by atomic mass is 9.78. The molecule has 0 aliphatic carbocycles. The second-order valence-corrected chi connectivity index (χ2v) is 8.83. The molecule has 1 aromatic carbocycles. The van der Waals surface area contributed by atoms with Crippen LogP contribution in [0.15, 0.2) is 42.5 Å². The van der Waals surface area contributed by atoms with Gasteiger partial charge in [-0.15, -0.1) is 6.58 Å². The molecule has 0 saturated carbocycles. The molecule has 0 radical (unpaired) electrons. The van der Waals surface area contributed by atoms with Crippen molar-refractivity contribution in [2.24, 2.45) is 5.41 Å². The number of amides is 3. The van der Waals surface area contributed by atoms with E-state index in [4.69, 9.17) is 0 Å². The number of nitrogens with one attached hydrogen (secondary N) is 1. The highest BCUT2D eigenvalue weighted by Gasteiger charge is 2.43. The Bertz CT molecular complexity index is 889. The Morgan fingerprint density at radius 1 is 1.06 bits per heavy atom. The Labute approximate surface area is 184 Å². The molecule has 6 heteroatoms. The van der Waals surface area contributed by atoms with E-state index in [0.29, 0.717) is 32.6 Å². The normalized spacial score (nSPS) is 18.1. The number of hydrogen-bond donors (Lipinski definition) is 1. The summed E-state index contributed by atoms with van der Waals surface area (Å²) in [6.07, 6.45) is 3.10. The van der Waals surface area contributed by atoms with Crippen LogP contribution in [0.1, 0.15) is 45.1 Å². The van der Waals surface area contributed by atoms with Crippen LogP contribution < -0.4 is 5.32 Å². The summed E-state index contributed by atoms with van der Waals surface area (Å²) >= 11 is 0. The van der Waals surface area contributed by atoms with E-state index in [1.807, 2.05) is 47.1 Å². The Morgan fingerprint density at radius 3 is 2.26 bits per heavy atom. The summed E-state index contributed by atoms with van der Waals surface area (Å²) in [5, 5.41) is 2.77. The molecule has 1 N–H and O–H groups in total. The third-order valence-electron chi connectivity index (χ3n) is 6.18. The molecule has 2 fully saturated rings. The molecule has 0 aromatic heterocycles. The zero-order valence-corrected chi connectivity index (χ0v) is 18.4. The van der Waals surface area contributed by atoms with E-state index in [1.165, 1.54) is 6.92 Å². The van der Waals surface area contributed by atoms with E-state index in [2.05, 4.69) is 23.7 Å². The number of likely N-dealkylation sites (tertiary alicyclic amines) is 2. The maximum absolute atomic E-state index is 13.0. The molecule has 2 saturated heterocycles. The molecule has 3 amide bonds. The molecule has 6 nitrogen and oxygen atoms in total. The second-order valence-electron chi connectivity index (χ2n) is 8.83. The van der Waals surface area contributed by atoms with Crippen molar-refractivity contribution >= 4 is 17.7 Å². The maximum Gasteiger partial charge on any atom is 0.298 e. The largest absolute Gasteiger partial charge is 0.344 e. The predicted molar refractivity (Wildman–Crippen MR) is 120 cm³/mol. The minimum atomic E-state index is -0.555. The van der Waals surface area contributed by atoms with Gasteiger partial charge in [-0.2, -0.15) is 0 Å². The summed E-state index contributed by atoms with van der Waals surface area (Å²) in [7, 11) is 0. The van der Waals surface area contributed by atoms with Gasteiger partial charge in [-0.25, -0.2) is 0 Å². The van der Waals surface area contributed by atoms with E-state index in [-0.39, 0.29) is 23.1 Å². The van der Waals surface area contributed by atoms with Crippen LogP contribution in [0.3, 0.4) is 0 Å². The fourth-order valence-electron chi connectivity index (χ4n) is 4.46. The molecular formula is C25H31N3O3. The second kappa shape index (κ2) is 9.82. The van der Waals surface area contributed by atoms with Crippen LogP contribution in [0.25, 0.3) is 0 Å². The van der Waals surface area contributed by atoms with Gasteiger partial charge in [0.05, 0.1) is 0 Å². The molecular weight excluding hydrogens is 390 g/mol. The average Bonchev–Trinajstić information content (AvgIpc) is 3.15. The highest BCUT2D eigenvalue weighted by atomic mass is 16.2. The Morgan fingerprint density at radius 2 is 1.68 bits per heavy atom. The first-order chi connectivity index (χ1) is 14.8. The first-order valence-electron chi connectivity index (χ1n) is 10.8. The molecule has 2 aliphatic heterocycles. The van der Waals surface area contributed by atoms with Crippen molar-refractivity contribution in [2.75, 3.05) is 26.2 Å². The maximum atomic E-state index is 13.0. The average molecular weight is 422 g/mol. The molecule has 2 heterocycles. The SMILES string of the molecule is C=C(C)CC(NC(C)=O)C(=O)N1CCC2(CCN(C(=O)C#Cc3ccccc3)CC2)C1. The van der Waals surface area contributed by atoms with Crippen molar-refractivity contribution < 1.29 is 14.4 Å². The summed E-state index contributed by atoms with van der Waals surface area (Å²) in [5.74, 6) is 5.29. The van der Waals surface area contributed by atoms with Gasteiger partial charge < -0.3 is 15.1 Å². The molecule has 31 heavy (non-hydrogen) atoms. The van der Waals surface area contributed by atoms with Crippen LogP contribution >= 0.6 is 0 Å². The fourth-order valence-corrected chi connectivity index (χ4v) is 4.46. The minimum Gasteiger partial charge on any atom is -0.344 e. The first-order valence-corrected chi connectivity index (χ1v) is 10.8. The number of carbonyl (C=O) groups is 3. The van der Waals surface area contributed by atoms with Crippen LogP contribution in [0.4, 0.5) is 0 Å². The Balaban J connectivity index is 1.56. The molecule has 164 valence electrons. The number of hydrogen-bond acceptors (Lipinski definition) is 3. The van der Waals surface area contributed by atoms with Crippen LogP contribution in [0.2, 0.25) is 0 Å². The van der Waals surface area contributed by atoms with Gasteiger partial charge in [0.15, 0.2) is 0 Å². The quantitative estimate of drug-likeness (QED) is 0.599. The highest BCUT2D eigenvalue weighted by Crippen LogP contribution is 2.40. The van der Waals surface area contributed by atoms with E-state index in [1.54, 1.807) is 0 Å². The van der Waals surface area contributed by atoms with Gasteiger partial charge >= 0.3 is 0 Å². The zero-order chi connectivity index (χ0) is 22.4. The Hall–Kier alpha value is -3.07. The lowest BCUT2D eigenvalue weighted by molar-refractivity contribution is -0.136. The molecule has 1 atom stereocenters. The van der Waals surface area contributed by atoms with Crippen molar-refractivity contribution in [3.8, 4) is 11.8 Å². The van der Waals surface area contributed by atoms with Crippen molar-refractivity contribution in [2.45, 2.75) is 45.6 Å². The molecule has 3 rings (SSSR count). The zero-order valence-electron chi connectivity index (χ0n) is 18.4. The van der Waals surface area contributed by atoms with E-state index >= 15 is 0 Å². The topological polar surface area (TPSA) is 69.7 Å². The van der Waals surface area contributed by atoms with Crippen LogP contribution in [-0.4, -0.2) is 59.7 Å². The number of carbonyl (C=O) groups excluding carboxylic acids is 3. The molecule has 1 aromatic rings. The molecule has 2 aliphatic rings. The summed E-state index contributed by atoms with van der Waals surface area (Å²) in [5.41, 5.74) is 1.74. The van der Waals surface area contributed by atoms with E-state index in [0.717, 1.165) is 30.4 Å². The molecule has 1 unspecified atom stereocenters. The summed E-state index contributed by atoms with van der Waals surface area (Å²) in [4.78, 5) is 40.7. The first kappa shape index (κ1) is 22.6. The summed E-state index contributed by atoms with van der Waals surface area (Å²) < 4.78 is 0. The third kappa shape index (κ3) is 5.97. The molecule has 1 spiro atoms. The monoisotopic (exact) mass is 421 g/mol. The summed E-state index contributed by atoms with van der Waals surface area (Å²) in [6.45, 7) is 9.85. The van der Waals surface area contributed by atoms with Gasteiger partial charge in [0.25, 0.3) is 5.91 Å². The van der Waals surface area contributed by atoms with Crippen molar-refractivity contribution in [1.29, 1.82) is 0 Å². The predicted octanol–water partition coefficient (Wildman–Crippen LogP) is 2.35. The van der Waals surface area contributed by atoms with Gasteiger partial charge in [-0.3, -0.25) is 14.4 Å². The van der Waals surface area contributed by atoms with E-state index in [9.17, 15) is 14.4 Å². The number of nitrogens with zero attached hydrogens (tertiary/aromatic N) is 2. The minimum absolute atomic E-state index is 0.0395. The lowest BCUT2D eigenvalue weighted by Gasteiger charge is -2.38. The molecule has 0 bridgehead atoms. The smallest absolute Gasteiger partial charge is 0.298 e. The van der Waals surface area contributed by atoms with Gasteiger partial charge in [-0.05, 0) is 50.2 Å². The third-order valence-corrected chi connectivity index (χ3v) is 6.18. The number of rotatable bonds is 4. The van der Waals surface area contributed by atoms with Gasteiger partial charge in [-0.1, -0.05) is 29.7 Å². The standard InChI is InChI=1S/C25H31N3O3/c1-19(2)17-22(26-20(3)29)24(31)28-16-13-25(18-28)11-14-27(15-12-25)23(30)10-9-21-7-5-4-6-8-21/h4-8,22H,1,11-18H2,2-3H3,(H,26,29). The van der Waals surface area contributed by atoms with E-state index < -0.39 is 6.04 Å². The van der Waals surface area contributed by atoms with Gasteiger partial charge in [0, 0.05) is 44.6 Å². The fraction of sp³-hybridized carbons (Fsp3) is 0.480. The van der Waals surface area contributed by atoms with Gasteiger partial charge in [0.2, 0.25) is 11.8 Å². The van der Waals surface area contributed by atoms with Crippen molar-refractivity contribution in [1.82, 2.24) is 15.1 Å². The van der Waals surface area contributed by atoms with Gasteiger partial charge in [0.1, 0.15) is 6.04 Å². The van der Waals surface area contributed by atoms with Crippen LogP contribution in [0, 0.1) is 17.3 Å². The number of benzene rings is 1. The highest BCUT2D eigenvalue weighted by molar-refractivity contribution is 5.94. The number of piperidine rings is 1. The lowest BCUT2D eigenvalue weighted by Crippen LogP contribution is -2.49. The summed E-state index contributed by atoms with van der Waals surface area (Å²) in [6, 6.07) is 8.94. The van der Waals surface area contributed by atoms with Crippen LogP contribution in [-0.2, 0) is 14.4 Å². The van der Waals surface area contributed by atoms with Crippen molar-refractivity contribution in [3.63, 3.8) is 0 Å².